The number of fused-ring (bicyclic) bond motifs is 1. The highest BCUT2D eigenvalue weighted by molar-refractivity contribution is 6.05. The average Bonchev–Trinajstić information content (AvgIpc) is 3.18. The van der Waals surface area contributed by atoms with E-state index in [1.54, 1.807) is 16.9 Å². The number of nitrogens with zero attached hydrogens (tertiary/aromatic N) is 4. The molecule has 0 saturated carbocycles. The number of amides is 1. The molecular formula is C21H20N6O3. The van der Waals surface area contributed by atoms with E-state index in [0.717, 1.165) is 5.56 Å². The number of aromatic amines is 1. The molecule has 0 saturated heterocycles. The van der Waals surface area contributed by atoms with Crippen LogP contribution in [0.3, 0.4) is 0 Å². The number of hydrogen-bond acceptors (Lipinski definition) is 5. The summed E-state index contributed by atoms with van der Waals surface area (Å²) in [6, 6.07) is 12.9. The lowest BCUT2D eigenvalue weighted by atomic mass is 10.2. The first-order chi connectivity index (χ1) is 14.6. The zero-order valence-electron chi connectivity index (χ0n) is 16.3. The van der Waals surface area contributed by atoms with E-state index in [0.29, 0.717) is 25.3 Å². The van der Waals surface area contributed by atoms with Gasteiger partial charge in [0.15, 0.2) is 0 Å². The Labute approximate surface area is 171 Å². The first-order valence-corrected chi connectivity index (χ1v) is 9.57. The third-order valence-electron chi connectivity index (χ3n) is 4.68. The third-order valence-corrected chi connectivity index (χ3v) is 4.68. The molecule has 9 nitrogen and oxygen atoms in total. The van der Waals surface area contributed by atoms with Gasteiger partial charge in [0, 0.05) is 18.8 Å². The van der Waals surface area contributed by atoms with Gasteiger partial charge < -0.3 is 5.32 Å². The smallest absolute Gasteiger partial charge is 0.307 e. The molecule has 30 heavy (non-hydrogen) atoms. The van der Waals surface area contributed by atoms with Crippen molar-refractivity contribution >= 4 is 22.8 Å². The summed E-state index contributed by atoms with van der Waals surface area (Å²) in [5, 5.41) is 7.25. The summed E-state index contributed by atoms with van der Waals surface area (Å²) in [7, 11) is 0. The van der Waals surface area contributed by atoms with Gasteiger partial charge in [-0.3, -0.25) is 19.1 Å². The minimum absolute atomic E-state index is 0.188. The Kier molecular flexibility index (Phi) is 5.25. The molecule has 2 N–H and O–H groups in total. The fourth-order valence-electron chi connectivity index (χ4n) is 3.23. The van der Waals surface area contributed by atoms with Crippen LogP contribution >= 0.6 is 0 Å². The molecule has 0 aliphatic heterocycles. The minimum atomic E-state index is -0.571. The molecule has 0 aliphatic carbocycles. The fourth-order valence-corrected chi connectivity index (χ4v) is 3.23. The fraction of sp³-hybridized carbons (Fsp3) is 0.190. The van der Waals surface area contributed by atoms with E-state index in [4.69, 9.17) is 0 Å². The van der Waals surface area contributed by atoms with Crippen molar-refractivity contribution in [1.82, 2.24) is 24.3 Å². The van der Waals surface area contributed by atoms with Crippen molar-refractivity contribution in [2.45, 2.75) is 26.4 Å². The number of H-pyrrole nitrogens is 1. The second-order valence-electron chi connectivity index (χ2n) is 6.82. The lowest BCUT2D eigenvalue weighted by Crippen LogP contribution is -2.31. The SMILES string of the molecule is CCCn1c(=O)[nH]c(=O)c2cc(C(=O)Nc3ccnn3Cc3ccccc3)cnc21. The van der Waals surface area contributed by atoms with Crippen molar-refractivity contribution in [3.63, 3.8) is 0 Å². The normalized spacial score (nSPS) is 11.0. The Morgan fingerprint density at radius 3 is 2.73 bits per heavy atom. The van der Waals surface area contributed by atoms with Crippen molar-refractivity contribution in [1.29, 1.82) is 0 Å². The van der Waals surface area contributed by atoms with Crippen molar-refractivity contribution in [2.75, 3.05) is 5.32 Å². The zero-order valence-corrected chi connectivity index (χ0v) is 16.3. The van der Waals surface area contributed by atoms with E-state index >= 15 is 0 Å². The van der Waals surface area contributed by atoms with Crippen LogP contribution in [0.2, 0.25) is 0 Å². The van der Waals surface area contributed by atoms with Crippen molar-refractivity contribution < 1.29 is 4.79 Å². The van der Waals surface area contributed by atoms with Crippen LogP contribution in [-0.2, 0) is 13.1 Å². The summed E-state index contributed by atoms with van der Waals surface area (Å²) < 4.78 is 3.07. The van der Waals surface area contributed by atoms with Gasteiger partial charge in [0.1, 0.15) is 11.5 Å². The monoisotopic (exact) mass is 404 g/mol. The van der Waals surface area contributed by atoms with Gasteiger partial charge in [-0.2, -0.15) is 5.10 Å². The molecule has 4 rings (SSSR count). The minimum Gasteiger partial charge on any atom is -0.307 e. The topological polar surface area (TPSA) is 115 Å². The molecule has 9 heteroatoms. The molecule has 1 amide bonds. The van der Waals surface area contributed by atoms with Crippen LogP contribution in [-0.4, -0.2) is 30.2 Å². The number of benzene rings is 1. The molecule has 1 aromatic carbocycles. The molecule has 0 spiro atoms. The summed E-state index contributed by atoms with van der Waals surface area (Å²) in [6.45, 7) is 2.84. The lowest BCUT2D eigenvalue weighted by Gasteiger charge is -2.10. The van der Waals surface area contributed by atoms with Crippen LogP contribution in [0, 0.1) is 0 Å². The van der Waals surface area contributed by atoms with Gasteiger partial charge in [-0.15, -0.1) is 0 Å². The Morgan fingerprint density at radius 2 is 1.97 bits per heavy atom. The molecule has 152 valence electrons. The number of anilines is 1. The lowest BCUT2D eigenvalue weighted by molar-refractivity contribution is 0.102. The van der Waals surface area contributed by atoms with Gasteiger partial charge in [0.2, 0.25) is 0 Å². The highest BCUT2D eigenvalue weighted by Gasteiger charge is 2.14. The van der Waals surface area contributed by atoms with Gasteiger partial charge in [0.25, 0.3) is 11.5 Å². The van der Waals surface area contributed by atoms with Gasteiger partial charge in [0.05, 0.1) is 23.7 Å². The van der Waals surface area contributed by atoms with Crippen LogP contribution in [0.4, 0.5) is 5.82 Å². The maximum atomic E-state index is 12.8. The van der Waals surface area contributed by atoms with E-state index < -0.39 is 17.2 Å². The van der Waals surface area contributed by atoms with E-state index in [2.05, 4.69) is 20.4 Å². The molecule has 3 aromatic heterocycles. The highest BCUT2D eigenvalue weighted by Crippen LogP contribution is 2.13. The summed E-state index contributed by atoms with van der Waals surface area (Å²) in [6.07, 6.45) is 3.67. The predicted octanol–water partition coefficient (Wildman–Crippen LogP) is 1.99. The second kappa shape index (κ2) is 8.16. The van der Waals surface area contributed by atoms with Crippen molar-refractivity contribution in [3.05, 3.63) is 86.8 Å². The number of nitrogens with one attached hydrogen (secondary N) is 2. The molecule has 0 radical (unpaired) electrons. The summed E-state index contributed by atoms with van der Waals surface area (Å²) in [5.74, 6) is 0.0978. The maximum absolute atomic E-state index is 12.8. The Balaban J connectivity index is 1.63. The Hall–Kier alpha value is -4.01. The molecule has 0 bridgehead atoms. The summed E-state index contributed by atoms with van der Waals surface area (Å²) in [5.41, 5.74) is 0.436. The van der Waals surface area contributed by atoms with Crippen LogP contribution in [0.25, 0.3) is 11.0 Å². The van der Waals surface area contributed by atoms with Gasteiger partial charge >= 0.3 is 5.69 Å². The maximum Gasteiger partial charge on any atom is 0.329 e. The summed E-state index contributed by atoms with van der Waals surface area (Å²) >= 11 is 0. The van der Waals surface area contributed by atoms with Crippen LogP contribution in [0.15, 0.2) is 64.4 Å². The van der Waals surface area contributed by atoms with Gasteiger partial charge in [-0.05, 0) is 18.1 Å². The summed E-state index contributed by atoms with van der Waals surface area (Å²) in [4.78, 5) is 43.6. The molecule has 0 atom stereocenters. The molecule has 0 aliphatic rings. The highest BCUT2D eigenvalue weighted by atomic mass is 16.2. The second-order valence-corrected chi connectivity index (χ2v) is 6.82. The first kappa shape index (κ1) is 19.3. The third kappa shape index (κ3) is 3.77. The molecule has 0 unspecified atom stereocenters. The molecule has 0 fully saturated rings. The van der Waals surface area contributed by atoms with Gasteiger partial charge in [-0.25, -0.2) is 14.5 Å². The van der Waals surface area contributed by atoms with Crippen LogP contribution in [0.5, 0.6) is 0 Å². The number of carbonyl (C=O) groups is 1. The zero-order chi connectivity index (χ0) is 21.1. The number of aromatic nitrogens is 5. The van der Waals surface area contributed by atoms with Crippen LogP contribution < -0.4 is 16.6 Å². The van der Waals surface area contributed by atoms with Crippen molar-refractivity contribution in [2.24, 2.45) is 0 Å². The van der Waals surface area contributed by atoms with E-state index in [1.807, 2.05) is 37.3 Å². The molecular weight excluding hydrogens is 384 g/mol. The van der Waals surface area contributed by atoms with E-state index in [9.17, 15) is 14.4 Å². The Bertz CT molecular complexity index is 1320. The quantitative estimate of drug-likeness (QED) is 0.510. The van der Waals surface area contributed by atoms with Gasteiger partial charge in [-0.1, -0.05) is 37.3 Å². The predicted molar refractivity (Wildman–Crippen MR) is 113 cm³/mol. The molecule has 3 heterocycles. The first-order valence-electron chi connectivity index (χ1n) is 9.57. The number of aryl methyl sites for hydroxylation is 1. The van der Waals surface area contributed by atoms with E-state index in [1.165, 1.54) is 16.8 Å². The Morgan fingerprint density at radius 1 is 1.17 bits per heavy atom. The largest absolute Gasteiger partial charge is 0.329 e. The van der Waals surface area contributed by atoms with E-state index in [-0.39, 0.29) is 16.6 Å². The molecule has 4 aromatic rings. The average molecular weight is 404 g/mol. The number of rotatable bonds is 6. The number of hydrogen-bond donors (Lipinski definition) is 2. The standard InChI is InChI=1S/C21H20N6O3/c1-2-10-26-18-16(20(29)25-21(26)30)11-15(12-22-18)19(28)24-17-8-9-23-27(17)13-14-6-4-3-5-7-14/h3-9,11-12H,2,10,13H2,1H3,(H,24,28)(H,25,29,30). The number of pyridine rings is 1. The van der Waals surface area contributed by atoms with Crippen LogP contribution in [0.1, 0.15) is 29.3 Å². The number of carbonyl (C=O) groups excluding carboxylic acids is 1. The van der Waals surface area contributed by atoms with Crippen molar-refractivity contribution in [3.8, 4) is 0 Å².